The zero-order valence-electron chi connectivity index (χ0n) is 8.63. The zero-order chi connectivity index (χ0) is 10.0. The smallest absolute Gasteiger partial charge is 0.0372 e. The van der Waals surface area contributed by atoms with Crippen molar-refractivity contribution in [3.8, 4) is 0 Å². The first-order valence-corrected chi connectivity index (χ1v) is 5.28. The first kappa shape index (κ1) is 10.6. The Hall–Kier alpha value is -0.500. The van der Waals surface area contributed by atoms with Gasteiger partial charge in [-0.25, -0.2) is 0 Å². The van der Waals surface area contributed by atoms with Gasteiger partial charge in [-0.3, -0.25) is 0 Å². The molecule has 0 aliphatic heterocycles. The highest BCUT2D eigenvalue weighted by atomic mass is 79.9. The van der Waals surface area contributed by atoms with Gasteiger partial charge < -0.3 is 4.90 Å². The lowest BCUT2D eigenvalue weighted by atomic mass is 10.0. The van der Waals surface area contributed by atoms with E-state index in [0.717, 1.165) is 0 Å². The van der Waals surface area contributed by atoms with E-state index >= 15 is 0 Å². The Labute approximate surface area is 88.9 Å². The number of hydrogen-bond acceptors (Lipinski definition) is 1. The largest absolute Gasteiger partial charge is 0.378 e. The van der Waals surface area contributed by atoms with Crippen LogP contribution < -0.4 is 4.90 Å². The lowest BCUT2D eigenvalue weighted by Gasteiger charge is -2.15. The Morgan fingerprint density at radius 1 is 1.23 bits per heavy atom. The molecule has 0 spiro atoms. The van der Waals surface area contributed by atoms with Crippen molar-refractivity contribution in [2.24, 2.45) is 0 Å². The van der Waals surface area contributed by atoms with Crippen LogP contribution in [0.1, 0.15) is 25.3 Å². The summed E-state index contributed by atoms with van der Waals surface area (Å²) in [7, 11) is 4.10. The van der Waals surface area contributed by atoms with E-state index in [1.807, 2.05) is 0 Å². The molecule has 1 nitrogen and oxygen atoms in total. The Kier molecular flexibility index (Phi) is 3.37. The molecule has 0 aliphatic rings. The number of anilines is 1. The van der Waals surface area contributed by atoms with Crippen molar-refractivity contribution in [3.05, 3.63) is 28.2 Å². The average molecular weight is 242 g/mol. The van der Waals surface area contributed by atoms with E-state index in [2.05, 4.69) is 67.0 Å². The standard InChI is InChI=1S/C11H16BrN/c1-8(2)10-6-5-9(13(3)4)7-11(10)12/h5-8H,1-4H3. The van der Waals surface area contributed by atoms with Crippen LogP contribution in [0, 0.1) is 0 Å². The Morgan fingerprint density at radius 2 is 1.85 bits per heavy atom. The summed E-state index contributed by atoms with van der Waals surface area (Å²) in [5.41, 5.74) is 2.60. The summed E-state index contributed by atoms with van der Waals surface area (Å²) < 4.78 is 1.20. The minimum atomic E-state index is 0.575. The first-order valence-electron chi connectivity index (χ1n) is 4.49. The number of benzene rings is 1. The molecule has 0 saturated carbocycles. The maximum absolute atomic E-state index is 3.59. The molecule has 13 heavy (non-hydrogen) atoms. The second kappa shape index (κ2) is 4.14. The van der Waals surface area contributed by atoms with Crippen LogP contribution in [0.5, 0.6) is 0 Å². The topological polar surface area (TPSA) is 3.24 Å². The summed E-state index contributed by atoms with van der Waals surface area (Å²) in [6, 6.07) is 6.50. The summed E-state index contributed by atoms with van der Waals surface area (Å²) in [5, 5.41) is 0. The van der Waals surface area contributed by atoms with Gasteiger partial charge in [-0.1, -0.05) is 35.8 Å². The van der Waals surface area contributed by atoms with Crippen molar-refractivity contribution >= 4 is 21.6 Å². The summed E-state index contributed by atoms with van der Waals surface area (Å²) >= 11 is 3.59. The van der Waals surface area contributed by atoms with Crippen molar-refractivity contribution in [2.45, 2.75) is 19.8 Å². The predicted molar refractivity (Wildman–Crippen MR) is 62.6 cm³/mol. The highest BCUT2D eigenvalue weighted by molar-refractivity contribution is 9.10. The fourth-order valence-corrected chi connectivity index (χ4v) is 2.09. The lowest BCUT2D eigenvalue weighted by Crippen LogP contribution is -2.08. The number of nitrogens with zero attached hydrogens (tertiary/aromatic N) is 1. The van der Waals surface area contributed by atoms with E-state index in [9.17, 15) is 0 Å². The highest BCUT2D eigenvalue weighted by Gasteiger charge is 2.05. The molecule has 0 aromatic heterocycles. The van der Waals surface area contributed by atoms with Gasteiger partial charge in [0.1, 0.15) is 0 Å². The first-order chi connectivity index (χ1) is 6.02. The lowest BCUT2D eigenvalue weighted by molar-refractivity contribution is 0.860. The molecule has 0 saturated heterocycles. The third-order valence-electron chi connectivity index (χ3n) is 2.12. The van der Waals surface area contributed by atoms with Gasteiger partial charge in [-0.2, -0.15) is 0 Å². The maximum atomic E-state index is 3.59. The van der Waals surface area contributed by atoms with Crippen molar-refractivity contribution in [2.75, 3.05) is 19.0 Å². The molecular weight excluding hydrogens is 226 g/mol. The molecule has 1 aromatic rings. The average Bonchev–Trinajstić information content (AvgIpc) is 2.03. The maximum Gasteiger partial charge on any atom is 0.0372 e. The summed E-state index contributed by atoms with van der Waals surface area (Å²) in [6.07, 6.45) is 0. The van der Waals surface area contributed by atoms with Crippen LogP contribution in [0.25, 0.3) is 0 Å². The third-order valence-corrected chi connectivity index (χ3v) is 2.81. The second-order valence-electron chi connectivity index (χ2n) is 3.75. The molecule has 72 valence electrons. The SMILES string of the molecule is CC(C)c1ccc(N(C)C)cc1Br. The Morgan fingerprint density at radius 3 is 2.23 bits per heavy atom. The van der Waals surface area contributed by atoms with E-state index in [1.54, 1.807) is 0 Å². The summed E-state index contributed by atoms with van der Waals surface area (Å²) in [4.78, 5) is 2.11. The number of rotatable bonds is 2. The third kappa shape index (κ3) is 2.47. The Bertz CT molecular complexity index is 292. The fraction of sp³-hybridized carbons (Fsp3) is 0.455. The van der Waals surface area contributed by atoms with Crippen LogP contribution in [0.3, 0.4) is 0 Å². The highest BCUT2D eigenvalue weighted by Crippen LogP contribution is 2.28. The van der Waals surface area contributed by atoms with Gasteiger partial charge in [0.15, 0.2) is 0 Å². The van der Waals surface area contributed by atoms with Crippen LogP contribution in [-0.4, -0.2) is 14.1 Å². The molecule has 0 bridgehead atoms. The van der Waals surface area contributed by atoms with E-state index < -0.39 is 0 Å². The monoisotopic (exact) mass is 241 g/mol. The van der Waals surface area contributed by atoms with Crippen molar-refractivity contribution in [1.82, 2.24) is 0 Å². The van der Waals surface area contributed by atoms with Gasteiger partial charge in [0.05, 0.1) is 0 Å². The quantitative estimate of drug-likeness (QED) is 0.765. The molecule has 0 N–H and O–H groups in total. The van der Waals surface area contributed by atoms with Crippen molar-refractivity contribution in [1.29, 1.82) is 0 Å². The van der Waals surface area contributed by atoms with Crippen LogP contribution in [0.2, 0.25) is 0 Å². The van der Waals surface area contributed by atoms with E-state index in [4.69, 9.17) is 0 Å². The van der Waals surface area contributed by atoms with Gasteiger partial charge in [0.25, 0.3) is 0 Å². The van der Waals surface area contributed by atoms with Gasteiger partial charge in [0.2, 0.25) is 0 Å². The molecule has 0 amide bonds. The number of hydrogen-bond donors (Lipinski definition) is 0. The molecular formula is C11H16BrN. The van der Waals surface area contributed by atoms with Crippen LogP contribution >= 0.6 is 15.9 Å². The molecule has 1 rings (SSSR count). The molecule has 1 aromatic carbocycles. The van der Waals surface area contributed by atoms with Crippen LogP contribution in [0.15, 0.2) is 22.7 Å². The van der Waals surface area contributed by atoms with E-state index in [1.165, 1.54) is 15.7 Å². The minimum Gasteiger partial charge on any atom is -0.378 e. The fourth-order valence-electron chi connectivity index (χ4n) is 1.26. The Balaban J connectivity index is 3.06. The van der Waals surface area contributed by atoms with Crippen molar-refractivity contribution < 1.29 is 0 Å². The van der Waals surface area contributed by atoms with Crippen LogP contribution in [0.4, 0.5) is 5.69 Å². The zero-order valence-corrected chi connectivity index (χ0v) is 10.2. The molecule has 0 fully saturated rings. The van der Waals surface area contributed by atoms with Gasteiger partial charge in [-0.15, -0.1) is 0 Å². The molecule has 0 unspecified atom stereocenters. The van der Waals surface area contributed by atoms with Gasteiger partial charge >= 0.3 is 0 Å². The molecule has 0 radical (unpaired) electrons. The number of halogens is 1. The summed E-state index contributed by atoms with van der Waals surface area (Å²) in [6.45, 7) is 4.41. The molecule has 2 heteroatoms. The molecule has 0 atom stereocenters. The normalized spacial score (nSPS) is 10.6. The van der Waals surface area contributed by atoms with Gasteiger partial charge in [0, 0.05) is 24.3 Å². The second-order valence-corrected chi connectivity index (χ2v) is 4.61. The van der Waals surface area contributed by atoms with Crippen LogP contribution in [-0.2, 0) is 0 Å². The van der Waals surface area contributed by atoms with Gasteiger partial charge in [-0.05, 0) is 23.6 Å². The molecule has 0 aliphatic carbocycles. The minimum absolute atomic E-state index is 0.575. The van der Waals surface area contributed by atoms with E-state index in [0.29, 0.717) is 5.92 Å². The van der Waals surface area contributed by atoms with Crippen molar-refractivity contribution in [3.63, 3.8) is 0 Å². The summed E-state index contributed by atoms with van der Waals surface area (Å²) in [5.74, 6) is 0.575. The van der Waals surface area contributed by atoms with E-state index in [-0.39, 0.29) is 0 Å². The predicted octanol–water partition coefficient (Wildman–Crippen LogP) is 3.64. The molecule has 0 heterocycles.